The van der Waals surface area contributed by atoms with Crippen molar-refractivity contribution in [1.82, 2.24) is 24.5 Å². The summed E-state index contributed by atoms with van der Waals surface area (Å²) < 4.78 is 8.49. The molecule has 0 bridgehead atoms. The van der Waals surface area contributed by atoms with Gasteiger partial charge in [-0.05, 0) is 53.6 Å². The highest BCUT2D eigenvalue weighted by Gasteiger charge is 2.20. The van der Waals surface area contributed by atoms with Crippen LogP contribution in [0.25, 0.3) is 94.9 Å². The monoisotopic (exact) mass is 641 g/mol. The molecule has 6 heteroatoms. The van der Waals surface area contributed by atoms with Gasteiger partial charge < -0.3 is 4.42 Å². The van der Waals surface area contributed by atoms with Gasteiger partial charge >= 0.3 is 0 Å². The van der Waals surface area contributed by atoms with Crippen LogP contribution in [-0.2, 0) is 0 Å². The molecule has 6 aromatic carbocycles. The number of rotatable bonds is 5. The molecule has 0 fully saturated rings. The van der Waals surface area contributed by atoms with E-state index in [4.69, 9.17) is 24.4 Å². The molecule has 0 unspecified atom stereocenters. The lowest BCUT2D eigenvalue weighted by Gasteiger charge is -2.14. The Balaban J connectivity index is 1.20. The number of pyridine rings is 1. The molecule has 0 N–H and O–H groups in total. The maximum atomic E-state index is 6.26. The van der Waals surface area contributed by atoms with Crippen molar-refractivity contribution in [3.8, 4) is 51.1 Å². The first kappa shape index (κ1) is 28.1. The first-order chi connectivity index (χ1) is 24.8. The number of para-hydroxylation sites is 2. The van der Waals surface area contributed by atoms with E-state index in [0.29, 0.717) is 17.5 Å². The fourth-order valence-corrected chi connectivity index (χ4v) is 6.96. The summed E-state index contributed by atoms with van der Waals surface area (Å²) in [6.07, 6.45) is 1.83. The first-order valence-corrected chi connectivity index (χ1v) is 16.6. The van der Waals surface area contributed by atoms with E-state index in [0.717, 1.165) is 77.4 Å². The summed E-state index contributed by atoms with van der Waals surface area (Å²) in [6.45, 7) is 0. The molecule has 50 heavy (non-hydrogen) atoms. The van der Waals surface area contributed by atoms with Crippen molar-refractivity contribution in [1.29, 1.82) is 0 Å². The Labute approximate surface area is 287 Å². The minimum atomic E-state index is 0.554. The second-order valence-corrected chi connectivity index (χ2v) is 12.3. The highest BCUT2D eigenvalue weighted by atomic mass is 16.3. The molecule has 0 amide bonds. The van der Waals surface area contributed by atoms with Gasteiger partial charge in [0, 0.05) is 38.9 Å². The number of hydrogen-bond donors (Lipinski definition) is 0. The minimum Gasteiger partial charge on any atom is -0.456 e. The molecule has 0 atom stereocenters. The van der Waals surface area contributed by atoms with Crippen LogP contribution in [0.5, 0.6) is 0 Å². The summed E-state index contributed by atoms with van der Waals surface area (Å²) in [5, 5.41) is 4.51. The van der Waals surface area contributed by atoms with Crippen LogP contribution in [-0.4, -0.2) is 24.5 Å². The lowest BCUT2D eigenvalue weighted by Crippen LogP contribution is -2.05. The Morgan fingerprint density at radius 2 is 0.980 bits per heavy atom. The van der Waals surface area contributed by atoms with Gasteiger partial charge in [0.2, 0.25) is 0 Å². The molecular weight excluding hydrogens is 615 g/mol. The fourth-order valence-electron chi connectivity index (χ4n) is 6.96. The molecule has 234 valence electrons. The topological polar surface area (TPSA) is 69.6 Å². The van der Waals surface area contributed by atoms with Crippen LogP contribution in [0.2, 0.25) is 0 Å². The number of furan rings is 1. The van der Waals surface area contributed by atoms with Crippen LogP contribution < -0.4 is 0 Å². The van der Waals surface area contributed by atoms with Crippen LogP contribution in [0.1, 0.15) is 0 Å². The molecule has 0 radical (unpaired) electrons. The van der Waals surface area contributed by atoms with Gasteiger partial charge in [0.05, 0.1) is 16.6 Å². The van der Waals surface area contributed by atoms with Crippen LogP contribution in [0.4, 0.5) is 0 Å². The third kappa shape index (κ3) is 4.58. The van der Waals surface area contributed by atoms with Crippen LogP contribution >= 0.6 is 0 Å². The minimum absolute atomic E-state index is 0.554. The Hall–Kier alpha value is -6.92. The summed E-state index contributed by atoms with van der Waals surface area (Å²) in [6, 6.07) is 53.8. The number of nitrogens with zero attached hydrogens (tertiary/aromatic N) is 5. The molecule has 4 heterocycles. The standard InChI is InChI=1S/C44H27N5O/c1-3-12-28(13-4-1)41-46-42(29-14-5-2-6-15-29)48-43(47-41)36-18-11-25-45-44(36)49-37-19-9-7-16-32(37)33-23-21-30(26-38(33)49)31-22-24-35-34-17-8-10-20-39(34)50-40(35)27-31/h1-27H. The maximum absolute atomic E-state index is 6.26. The van der Waals surface area contributed by atoms with Crippen LogP contribution in [0, 0.1) is 0 Å². The molecular formula is C44H27N5O. The van der Waals surface area contributed by atoms with Gasteiger partial charge in [-0.1, -0.05) is 115 Å². The lowest BCUT2D eigenvalue weighted by molar-refractivity contribution is 0.669. The predicted molar refractivity (Wildman–Crippen MR) is 201 cm³/mol. The second-order valence-electron chi connectivity index (χ2n) is 12.3. The van der Waals surface area contributed by atoms with E-state index in [-0.39, 0.29) is 0 Å². The van der Waals surface area contributed by atoms with Gasteiger partial charge in [0.1, 0.15) is 17.0 Å². The zero-order valence-corrected chi connectivity index (χ0v) is 26.7. The van der Waals surface area contributed by atoms with Crippen molar-refractivity contribution in [2.75, 3.05) is 0 Å². The molecule has 10 aromatic rings. The quantitative estimate of drug-likeness (QED) is 0.187. The normalized spacial score (nSPS) is 11.6. The summed E-state index contributed by atoms with van der Waals surface area (Å²) in [7, 11) is 0. The van der Waals surface area contributed by atoms with Gasteiger partial charge in [-0.2, -0.15) is 0 Å². The van der Waals surface area contributed by atoms with Crippen molar-refractivity contribution >= 4 is 43.7 Å². The number of fused-ring (bicyclic) bond motifs is 6. The Morgan fingerprint density at radius 1 is 0.400 bits per heavy atom. The van der Waals surface area contributed by atoms with Crippen molar-refractivity contribution in [2.24, 2.45) is 0 Å². The highest BCUT2D eigenvalue weighted by molar-refractivity contribution is 6.11. The van der Waals surface area contributed by atoms with Gasteiger partial charge in [0.25, 0.3) is 0 Å². The maximum Gasteiger partial charge on any atom is 0.167 e. The van der Waals surface area contributed by atoms with E-state index in [9.17, 15) is 0 Å². The second kappa shape index (κ2) is 11.4. The molecule has 10 rings (SSSR count). The largest absolute Gasteiger partial charge is 0.456 e. The molecule has 4 aromatic heterocycles. The predicted octanol–water partition coefficient (Wildman–Crippen LogP) is 10.9. The third-order valence-corrected chi connectivity index (χ3v) is 9.32. The third-order valence-electron chi connectivity index (χ3n) is 9.32. The van der Waals surface area contributed by atoms with E-state index in [1.165, 1.54) is 0 Å². The van der Waals surface area contributed by atoms with E-state index in [2.05, 4.69) is 71.3 Å². The summed E-state index contributed by atoms with van der Waals surface area (Å²) >= 11 is 0. The van der Waals surface area contributed by atoms with Gasteiger partial charge in [-0.25, -0.2) is 19.9 Å². The lowest BCUT2D eigenvalue weighted by atomic mass is 10.0. The van der Waals surface area contributed by atoms with Crippen molar-refractivity contribution in [3.63, 3.8) is 0 Å². The molecule has 0 aliphatic carbocycles. The smallest absolute Gasteiger partial charge is 0.167 e. The van der Waals surface area contributed by atoms with Crippen molar-refractivity contribution in [3.05, 3.63) is 164 Å². The SMILES string of the molecule is c1ccc(-c2nc(-c3ccccc3)nc(-c3cccnc3-n3c4ccccc4c4ccc(-c5ccc6c(c5)oc5ccccc56)cc43)n2)cc1. The Bertz CT molecular complexity index is 2820. The highest BCUT2D eigenvalue weighted by Crippen LogP contribution is 2.38. The van der Waals surface area contributed by atoms with Crippen LogP contribution in [0.15, 0.2) is 168 Å². The zero-order valence-electron chi connectivity index (χ0n) is 26.7. The van der Waals surface area contributed by atoms with E-state index in [1.54, 1.807) is 0 Å². The van der Waals surface area contributed by atoms with E-state index >= 15 is 0 Å². The van der Waals surface area contributed by atoms with Gasteiger partial charge in [0.15, 0.2) is 17.5 Å². The molecule has 0 aliphatic rings. The summed E-state index contributed by atoms with van der Waals surface area (Å²) in [5.41, 5.74) is 8.65. The molecule has 6 nitrogen and oxygen atoms in total. The number of hydrogen-bond acceptors (Lipinski definition) is 5. The van der Waals surface area contributed by atoms with Crippen LogP contribution in [0.3, 0.4) is 0 Å². The number of aromatic nitrogens is 5. The fraction of sp³-hybridized carbons (Fsp3) is 0. The number of benzene rings is 6. The average molecular weight is 642 g/mol. The Morgan fingerprint density at radius 3 is 1.74 bits per heavy atom. The van der Waals surface area contributed by atoms with E-state index in [1.807, 2.05) is 97.2 Å². The molecule has 0 spiro atoms. The van der Waals surface area contributed by atoms with Gasteiger partial charge in [-0.15, -0.1) is 0 Å². The summed E-state index contributed by atoms with van der Waals surface area (Å²) in [4.78, 5) is 20.0. The van der Waals surface area contributed by atoms with Gasteiger partial charge in [-0.3, -0.25) is 4.57 Å². The summed E-state index contributed by atoms with van der Waals surface area (Å²) in [5.74, 6) is 2.51. The zero-order chi connectivity index (χ0) is 33.0. The molecule has 0 saturated heterocycles. The molecule has 0 saturated carbocycles. The Kier molecular flexibility index (Phi) is 6.39. The molecule has 0 aliphatic heterocycles. The van der Waals surface area contributed by atoms with E-state index < -0.39 is 0 Å². The van der Waals surface area contributed by atoms with Crippen molar-refractivity contribution in [2.45, 2.75) is 0 Å². The van der Waals surface area contributed by atoms with Crippen molar-refractivity contribution < 1.29 is 4.42 Å². The average Bonchev–Trinajstić information content (AvgIpc) is 3.73. The first-order valence-electron chi connectivity index (χ1n) is 16.6.